The van der Waals surface area contributed by atoms with Crippen LogP contribution in [0.1, 0.15) is 0 Å². The molecule has 0 unspecified atom stereocenters. The van der Waals surface area contributed by atoms with Gasteiger partial charge in [-0.05, 0) is 172 Å². The summed E-state index contributed by atoms with van der Waals surface area (Å²) in [6, 6.07) is 94.8. The molecule has 0 atom stereocenters. The van der Waals surface area contributed by atoms with Gasteiger partial charge in [0.25, 0.3) is 0 Å². The van der Waals surface area contributed by atoms with E-state index in [9.17, 15) is 0 Å². The fourth-order valence-electron chi connectivity index (χ4n) is 11.5. The summed E-state index contributed by atoms with van der Waals surface area (Å²) in [4.78, 5) is 9.91. The van der Waals surface area contributed by atoms with Crippen LogP contribution in [0.25, 0.3) is 87.2 Å². The van der Waals surface area contributed by atoms with Gasteiger partial charge >= 0.3 is 0 Å². The van der Waals surface area contributed by atoms with Gasteiger partial charge in [0.1, 0.15) is 0 Å². The maximum absolute atomic E-state index is 2.46. The summed E-state index contributed by atoms with van der Waals surface area (Å²) in [5.41, 5.74) is 14.3. The summed E-state index contributed by atoms with van der Waals surface area (Å²) in [5, 5.41) is 12.3. The zero-order valence-electron chi connectivity index (χ0n) is 39.0. The van der Waals surface area contributed by atoms with Crippen molar-refractivity contribution in [3.05, 3.63) is 255 Å². The normalized spacial score (nSPS) is 12.8. The second-order valence-electron chi connectivity index (χ2n) is 18.8. The molecule has 4 heteroatoms. The Labute approximate surface area is 426 Å². The lowest BCUT2D eigenvalue weighted by atomic mass is 9.84. The van der Waals surface area contributed by atoms with Crippen LogP contribution in [0.3, 0.4) is 0 Å². The van der Waals surface area contributed by atoms with E-state index in [1.54, 1.807) is 0 Å². The van der Waals surface area contributed by atoms with Gasteiger partial charge in [-0.1, -0.05) is 193 Å². The molecular weight excluding hydrogens is 909 g/mol. The number of hydrogen-bond donors (Lipinski definition) is 0. The van der Waals surface area contributed by atoms with Gasteiger partial charge in [-0.15, -0.1) is 0 Å². The highest BCUT2D eigenvalue weighted by molar-refractivity contribution is 8.00. The number of hydrogen-bond acceptors (Lipinski definition) is 4. The summed E-state index contributed by atoms with van der Waals surface area (Å²) in [5.74, 6) is 0. The van der Waals surface area contributed by atoms with E-state index in [0.717, 1.165) is 11.4 Å². The topological polar surface area (TPSA) is 6.48 Å². The van der Waals surface area contributed by atoms with Crippen LogP contribution in [0.2, 0.25) is 0 Å². The van der Waals surface area contributed by atoms with Gasteiger partial charge in [0.2, 0.25) is 0 Å². The molecule has 2 aliphatic heterocycles. The number of nitrogens with zero attached hydrogens (tertiary/aromatic N) is 2. The van der Waals surface area contributed by atoms with E-state index in [1.807, 2.05) is 23.5 Å². The number of fused-ring (bicyclic) bond motifs is 10. The van der Waals surface area contributed by atoms with Crippen molar-refractivity contribution in [1.29, 1.82) is 0 Å². The molecule has 2 heterocycles. The molecule has 2 nitrogen and oxygen atoms in total. The van der Waals surface area contributed by atoms with Gasteiger partial charge in [0.05, 0.1) is 22.7 Å². The Kier molecular flexibility index (Phi) is 9.47. The molecule has 0 N–H and O–H groups in total. The Morgan fingerprint density at radius 2 is 0.653 bits per heavy atom. The van der Waals surface area contributed by atoms with Crippen molar-refractivity contribution in [2.45, 2.75) is 19.6 Å². The number of benzene rings is 13. The zero-order valence-corrected chi connectivity index (χ0v) is 40.6. The van der Waals surface area contributed by atoms with Crippen LogP contribution in [0, 0.1) is 0 Å². The number of rotatable bonds is 5. The Hall–Kier alpha value is -8.54. The SMILES string of the molecule is c1ccc2c(c1)Sc1ccccc1N2c1ccc2c(-c3ccc4ccccc4c3)c3cc(N4c5ccccc5Sc5ccccc54)ccc3c(-c3ccc(-c4cc5ccccc5c5ccccc45)cc3)c2c1. The van der Waals surface area contributed by atoms with Crippen molar-refractivity contribution < 1.29 is 0 Å². The standard InChI is InChI=1S/C68H42N2S2/c1-2-16-46-39-48(34-29-43(46)15-1)68-55-38-36-49(69-59-21-7-11-25-63(59)71-64-26-12-8-22-60(64)69)41-57(55)67(45-32-30-44(31-33-45)56-40-47-17-3-4-18-51(47)52-19-5-6-20-53(52)56)54-37-35-50(42-58(54)68)70-61-23-9-13-27-65(61)72-66-28-14-10-24-62(66)70/h1-42H. The Bertz CT molecular complexity index is 4280. The third-order valence-electron chi connectivity index (χ3n) is 14.8. The molecule has 72 heavy (non-hydrogen) atoms. The van der Waals surface area contributed by atoms with Gasteiger partial charge in [-0.3, -0.25) is 0 Å². The first-order valence-electron chi connectivity index (χ1n) is 24.6. The largest absolute Gasteiger partial charge is 0.308 e. The number of anilines is 6. The fraction of sp³-hybridized carbons (Fsp3) is 0. The lowest BCUT2D eigenvalue weighted by molar-refractivity contribution is 1.17. The maximum Gasteiger partial charge on any atom is 0.0601 e. The van der Waals surface area contributed by atoms with Crippen LogP contribution < -0.4 is 9.80 Å². The molecule has 0 bridgehead atoms. The minimum Gasteiger partial charge on any atom is -0.308 e. The number of para-hydroxylation sites is 4. The van der Waals surface area contributed by atoms with E-state index >= 15 is 0 Å². The zero-order chi connectivity index (χ0) is 47.3. The summed E-state index contributed by atoms with van der Waals surface area (Å²) >= 11 is 3.69. The molecule has 15 rings (SSSR count). The van der Waals surface area contributed by atoms with Crippen LogP contribution in [0.4, 0.5) is 34.1 Å². The van der Waals surface area contributed by atoms with Crippen molar-refractivity contribution in [2.24, 2.45) is 0 Å². The van der Waals surface area contributed by atoms with Crippen molar-refractivity contribution in [2.75, 3.05) is 9.80 Å². The second-order valence-corrected chi connectivity index (χ2v) is 21.0. The summed E-state index contributed by atoms with van der Waals surface area (Å²) < 4.78 is 0. The molecule has 0 saturated heterocycles. The average molecular weight is 951 g/mol. The molecule has 336 valence electrons. The first kappa shape index (κ1) is 41.3. The van der Waals surface area contributed by atoms with E-state index in [1.165, 1.54) is 130 Å². The first-order chi connectivity index (χ1) is 35.7. The van der Waals surface area contributed by atoms with Gasteiger partial charge in [-0.2, -0.15) is 0 Å². The molecule has 0 aromatic heterocycles. The summed E-state index contributed by atoms with van der Waals surface area (Å²) in [6.07, 6.45) is 0. The Morgan fingerprint density at radius 1 is 0.236 bits per heavy atom. The monoisotopic (exact) mass is 950 g/mol. The third-order valence-corrected chi connectivity index (χ3v) is 17.0. The second kappa shape index (κ2) is 16.5. The Balaban J connectivity index is 1.02. The van der Waals surface area contributed by atoms with Gasteiger partial charge in [-0.25, -0.2) is 0 Å². The van der Waals surface area contributed by atoms with Crippen LogP contribution in [-0.4, -0.2) is 0 Å². The lowest BCUT2D eigenvalue weighted by Gasteiger charge is -2.34. The molecule has 2 aliphatic rings. The average Bonchev–Trinajstić information content (AvgIpc) is 3.45. The van der Waals surface area contributed by atoms with E-state index in [2.05, 4.69) is 265 Å². The van der Waals surface area contributed by atoms with Gasteiger partial charge in [0.15, 0.2) is 0 Å². The van der Waals surface area contributed by atoms with Crippen molar-refractivity contribution in [1.82, 2.24) is 0 Å². The van der Waals surface area contributed by atoms with Gasteiger partial charge < -0.3 is 9.80 Å². The summed E-state index contributed by atoms with van der Waals surface area (Å²) in [7, 11) is 0. The van der Waals surface area contributed by atoms with E-state index in [-0.39, 0.29) is 0 Å². The van der Waals surface area contributed by atoms with Crippen LogP contribution >= 0.6 is 23.5 Å². The van der Waals surface area contributed by atoms with E-state index < -0.39 is 0 Å². The van der Waals surface area contributed by atoms with Crippen molar-refractivity contribution >= 4 is 112 Å². The van der Waals surface area contributed by atoms with Crippen LogP contribution in [0.5, 0.6) is 0 Å². The van der Waals surface area contributed by atoms with Crippen molar-refractivity contribution in [3.8, 4) is 33.4 Å². The molecule has 0 saturated carbocycles. The fourth-order valence-corrected chi connectivity index (χ4v) is 13.6. The highest BCUT2D eigenvalue weighted by Crippen LogP contribution is 2.55. The molecular formula is C68H42N2S2. The van der Waals surface area contributed by atoms with Crippen molar-refractivity contribution in [3.63, 3.8) is 0 Å². The molecule has 0 amide bonds. The quantitative estimate of drug-likeness (QED) is 0.125. The minimum absolute atomic E-state index is 1.13. The van der Waals surface area contributed by atoms with E-state index in [4.69, 9.17) is 0 Å². The highest BCUT2D eigenvalue weighted by atomic mass is 32.2. The maximum atomic E-state index is 2.46. The molecule has 13 aromatic rings. The lowest BCUT2D eigenvalue weighted by Crippen LogP contribution is -2.15. The summed E-state index contributed by atoms with van der Waals surface area (Å²) in [6.45, 7) is 0. The molecule has 0 fully saturated rings. The third kappa shape index (κ3) is 6.53. The predicted molar refractivity (Wildman–Crippen MR) is 308 cm³/mol. The molecule has 0 spiro atoms. The smallest absolute Gasteiger partial charge is 0.0601 e. The van der Waals surface area contributed by atoms with Crippen LogP contribution in [-0.2, 0) is 0 Å². The molecule has 0 radical (unpaired) electrons. The Morgan fingerprint density at radius 3 is 1.21 bits per heavy atom. The highest BCUT2D eigenvalue weighted by Gasteiger charge is 2.28. The first-order valence-corrected chi connectivity index (χ1v) is 26.2. The minimum atomic E-state index is 1.13. The van der Waals surface area contributed by atoms with Crippen LogP contribution in [0.15, 0.2) is 274 Å². The molecule has 13 aromatic carbocycles. The van der Waals surface area contributed by atoms with E-state index in [0.29, 0.717) is 0 Å². The predicted octanol–water partition coefficient (Wildman–Crippen LogP) is 20.3. The van der Waals surface area contributed by atoms with Gasteiger partial charge in [0, 0.05) is 31.0 Å². The molecule has 0 aliphatic carbocycles.